The smallest absolute Gasteiger partial charge is 0.0991 e. The van der Waals surface area contributed by atoms with Crippen molar-refractivity contribution in [2.45, 2.75) is 51.4 Å². The minimum absolute atomic E-state index is 0.582. The topological polar surface area (TPSA) is 23.8 Å². The van der Waals surface area contributed by atoms with Gasteiger partial charge in [0.15, 0.2) is 0 Å². The van der Waals surface area contributed by atoms with Gasteiger partial charge in [-0.25, -0.2) is 0 Å². The zero-order valence-corrected chi connectivity index (χ0v) is 12.5. The quantitative estimate of drug-likeness (QED) is 0.652. The summed E-state index contributed by atoms with van der Waals surface area (Å²) >= 11 is 0. The van der Waals surface area contributed by atoms with Crippen LogP contribution in [-0.2, 0) is 0 Å². The first-order chi connectivity index (χ1) is 9.78. The summed E-state index contributed by atoms with van der Waals surface area (Å²) in [6, 6.07) is 10.4. The van der Waals surface area contributed by atoms with Crippen molar-refractivity contribution in [3.8, 4) is 6.07 Å². The molecule has 0 radical (unpaired) electrons. The van der Waals surface area contributed by atoms with Crippen molar-refractivity contribution in [1.29, 1.82) is 5.26 Å². The first-order valence-corrected chi connectivity index (χ1v) is 7.89. The number of nitrogens with zero attached hydrogens (tertiary/aromatic N) is 1. The molecule has 0 N–H and O–H groups in total. The van der Waals surface area contributed by atoms with Gasteiger partial charge in [-0.05, 0) is 54.7 Å². The van der Waals surface area contributed by atoms with E-state index in [2.05, 4.69) is 37.8 Å². The lowest BCUT2D eigenvalue weighted by molar-refractivity contribution is 0.238. The molecular formula is C19H25N. The van der Waals surface area contributed by atoms with Crippen molar-refractivity contribution in [2.24, 2.45) is 11.8 Å². The first kappa shape index (κ1) is 14.9. The highest BCUT2D eigenvalue weighted by Crippen LogP contribution is 2.40. The Morgan fingerprint density at radius 1 is 1.25 bits per heavy atom. The Hall–Kier alpha value is -1.55. The molecule has 1 nitrogen and oxygen atoms in total. The molecule has 1 fully saturated rings. The zero-order valence-electron chi connectivity index (χ0n) is 12.5. The SMILES string of the molecule is C=CCC(c1ccc(C#N)cc1)C1CCC(CC)CC1. The lowest BCUT2D eigenvalue weighted by Crippen LogP contribution is -2.20. The minimum atomic E-state index is 0.582. The van der Waals surface area contributed by atoms with Gasteiger partial charge in [0.2, 0.25) is 0 Å². The number of hydrogen-bond donors (Lipinski definition) is 0. The molecular weight excluding hydrogens is 242 g/mol. The molecule has 0 heterocycles. The van der Waals surface area contributed by atoms with E-state index in [1.54, 1.807) is 0 Å². The molecule has 0 saturated heterocycles. The molecule has 0 bridgehead atoms. The Balaban J connectivity index is 2.10. The highest BCUT2D eigenvalue weighted by Gasteiger charge is 2.27. The van der Waals surface area contributed by atoms with Crippen LogP contribution in [0.5, 0.6) is 0 Å². The number of hydrogen-bond acceptors (Lipinski definition) is 1. The summed E-state index contributed by atoms with van der Waals surface area (Å²) in [5, 5.41) is 8.91. The van der Waals surface area contributed by atoms with Gasteiger partial charge in [0.25, 0.3) is 0 Å². The summed E-state index contributed by atoms with van der Waals surface area (Å²) in [4.78, 5) is 0. The predicted octanol–water partition coefficient (Wildman–Crippen LogP) is 5.43. The van der Waals surface area contributed by atoms with E-state index in [0.717, 1.165) is 23.8 Å². The Morgan fingerprint density at radius 2 is 1.90 bits per heavy atom. The molecule has 1 unspecified atom stereocenters. The van der Waals surface area contributed by atoms with Gasteiger partial charge in [-0.3, -0.25) is 0 Å². The number of allylic oxidation sites excluding steroid dienone is 1. The molecule has 0 aromatic heterocycles. The summed E-state index contributed by atoms with van der Waals surface area (Å²) in [7, 11) is 0. The second kappa shape index (κ2) is 7.29. The molecule has 1 heteroatoms. The number of nitriles is 1. The van der Waals surface area contributed by atoms with Gasteiger partial charge in [0, 0.05) is 0 Å². The molecule has 1 atom stereocenters. The Morgan fingerprint density at radius 3 is 2.40 bits per heavy atom. The second-order valence-corrected chi connectivity index (χ2v) is 6.05. The van der Waals surface area contributed by atoms with Crippen molar-refractivity contribution >= 4 is 0 Å². The average molecular weight is 267 g/mol. The molecule has 2 rings (SSSR count). The monoisotopic (exact) mass is 267 g/mol. The van der Waals surface area contributed by atoms with E-state index in [1.165, 1.54) is 37.7 Å². The highest BCUT2D eigenvalue weighted by molar-refractivity contribution is 5.33. The van der Waals surface area contributed by atoms with Gasteiger partial charge >= 0.3 is 0 Å². The third kappa shape index (κ3) is 3.51. The molecule has 106 valence electrons. The van der Waals surface area contributed by atoms with Crippen LogP contribution in [0.4, 0.5) is 0 Å². The predicted molar refractivity (Wildman–Crippen MR) is 84.5 cm³/mol. The van der Waals surface area contributed by atoms with Crippen LogP contribution in [0, 0.1) is 23.2 Å². The Bertz CT molecular complexity index is 458. The van der Waals surface area contributed by atoms with E-state index in [-0.39, 0.29) is 0 Å². The van der Waals surface area contributed by atoms with E-state index in [9.17, 15) is 0 Å². The molecule has 1 aromatic carbocycles. The van der Waals surface area contributed by atoms with E-state index in [0.29, 0.717) is 5.92 Å². The van der Waals surface area contributed by atoms with Crippen LogP contribution in [0.15, 0.2) is 36.9 Å². The van der Waals surface area contributed by atoms with Gasteiger partial charge in [-0.15, -0.1) is 6.58 Å². The van der Waals surface area contributed by atoms with Gasteiger partial charge in [0.05, 0.1) is 11.6 Å². The lowest BCUT2D eigenvalue weighted by atomic mass is 9.72. The fourth-order valence-corrected chi connectivity index (χ4v) is 3.58. The summed E-state index contributed by atoms with van der Waals surface area (Å²) in [6.07, 6.45) is 9.88. The van der Waals surface area contributed by atoms with Crippen LogP contribution >= 0.6 is 0 Å². The second-order valence-electron chi connectivity index (χ2n) is 6.05. The molecule has 0 amide bonds. The van der Waals surface area contributed by atoms with Gasteiger partial charge < -0.3 is 0 Å². The third-order valence-electron chi connectivity index (χ3n) is 4.93. The fourth-order valence-electron chi connectivity index (χ4n) is 3.58. The van der Waals surface area contributed by atoms with E-state index < -0.39 is 0 Å². The normalized spacial score (nSPS) is 23.8. The van der Waals surface area contributed by atoms with Crippen molar-refractivity contribution in [1.82, 2.24) is 0 Å². The minimum Gasteiger partial charge on any atom is -0.192 e. The van der Waals surface area contributed by atoms with Crippen LogP contribution in [0.1, 0.15) is 62.5 Å². The molecule has 1 aliphatic rings. The van der Waals surface area contributed by atoms with E-state index in [4.69, 9.17) is 5.26 Å². The van der Waals surface area contributed by atoms with E-state index in [1.807, 2.05) is 12.1 Å². The first-order valence-electron chi connectivity index (χ1n) is 7.89. The van der Waals surface area contributed by atoms with Crippen molar-refractivity contribution in [3.05, 3.63) is 48.0 Å². The lowest BCUT2D eigenvalue weighted by Gasteiger charge is -2.33. The summed E-state index contributed by atoms with van der Waals surface area (Å²) < 4.78 is 0. The maximum absolute atomic E-state index is 8.91. The average Bonchev–Trinajstić information content (AvgIpc) is 2.53. The zero-order chi connectivity index (χ0) is 14.4. The van der Waals surface area contributed by atoms with Crippen LogP contribution in [0.3, 0.4) is 0 Å². The van der Waals surface area contributed by atoms with Crippen LogP contribution in [0.2, 0.25) is 0 Å². The highest BCUT2D eigenvalue weighted by atomic mass is 14.3. The van der Waals surface area contributed by atoms with Gasteiger partial charge in [0.1, 0.15) is 0 Å². The van der Waals surface area contributed by atoms with Crippen LogP contribution in [-0.4, -0.2) is 0 Å². The van der Waals surface area contributed by atoms with Gasteiger partial charge in [-0.1, -0.05) is 44.4 Å². The largest absolute Gasteiger partial charge is 0.192 e. The fraction of sp³-hybridized carbons (Fsp3) is 0.526. The van der Waals surface area contributed by atoms with E-state index >= 15 is 0 Å². The van der Waals surface area contributed by atoms with Gasteiger partial charge in [-0.2, -0.15) is 5.26 Å². The third-order valence-corrected chi connectivity index (χ3v) is 4.93. The summed E-state index contributed by atoms with van der Waals surface area (Å²) in [6.45, 7) is 6.25. The van der Waals surface area contributed by atoms with Crippen molar-refractivity contribution in [2.75, 3.05) is 0 Å². The van der Waals surface area contributed by atoms with Crippen molar-refractivity contribution < 1.29 is 0 Å². The summed E-state index contributed by atoms with van der Waals surface area (Å²) in [5.74, 6) is 2.30. The Labute approximate surface area is 123 Å². The van der Waals surface area contributed by atoms with Crippen LogP contribution < -0.4 is 0 Å². The molecule has 0 spiro atoms. The number of rotatable bonds is 5. The summed E-state index contributed by atoms with van der Waals surface area (Å²) in [5.41, 5.74) is 2.13. The standard InChI is InChI=1S/C19H25N/c1-3-5-19(17-10-6-15(4-2)7-11-17)18-12-8-16(14-20)9-13-18/h3,8-9,12-13,15,17,19H,1,4-7,10-11H2,2H3. The molecule has 0 aliphatic heterocycles. The number of benzene rings is 1. The Kier molecular flexibility index (Phi) is 5.41. The molecule has 1 aromatic rings. The maximum Gasteiger partial charge on any atom is 0.0991 e. The molecule has 1 aliphatic carbocycles. The maximum atomic E-state index is 8.91. The van der Waals surface area contributed by atoms with Crippen LogP contribution in [0.25, 0.3) is 0 Å². The molecule has 1 saturated carbocycles. The van der Waals surface area contributed by atoms with Crippen molar-refractivity contribution in [3.63, 3.8) is 0 Å². The molecule has 20 heavy (non-hydrogen) atoms.